The lowest BCUT2D eigenvalue weighted by molar-refractivity contribution is 0.182. The van der Waals surface area contributed by atoms with Crippen LogP contribution in [-0.2, 0) is 0 Å². The van der Waals surface area contributed by atoms with Gasteiger partial charge in [-0.15, -0.1) is 0 Å². The fraction of sp³-hybridized carbons (Fsp3) is 0.917. The van der Waals surface area contributed by atoms with Gasteiger partial charge in [0.2, 0.25) is 0 Å². The van der Waals surface area contributed by atoms with Crippen molar-refractivity contribution in [2.75, 3.05) is 13.1 Å². The summed E-state index contributed by atoms with van der Waals surface area (Å²) in [7, 11) is 0. The van der Waals surface area contributed by atoms with Gasteiger partial charge < -0.3 is 10.9 Å². The van der Waals surface area contributed by atoms with Crippen molar-refractivity contribution in [3.8, 4) is 0 Å². The van der Waals surface area contributed by atoms with E-state index in [0.29, 0.717) is 11.9 Å². The zero-order valence-electron chi connectivity index (χ0n) is 10.5. The van der Waals surface area contributed by atoms with Gasteiger partial charge in [0.1, 0.15) is 5.84 Å². The molecule has 0 saturated carbocycles. The van der Waals surface area contributed by atoms with E-state index < -0.39 is 0 Å². The smallest absolute Gasteiger partial charge is 0.143 e. The van der Waals surface area contributed by atoms with Crippen molar-refractivity contribution < 1.29 is 5.21 Å². The maximum Gasteiger partial charge on any atom is 0.143 e. The second-order valence-electron chi connectivity index (χ2n) is 4.83. The summed E-state index contributed by atoms with van der Waals surface area (Å²) in [6.07, 6.45) is 6.44. The maximum atomic E-state index is 8.66. The Labute approximate surface area is 98.5 Å². The second-order valence-corrected chi connectivity index (χ2v) is 4.83. The molecule has 0 radical (unpaired) electrons. The number of rotatable bonds is 4. The lowest BCUT2D eigenvalue weighted by Crippen LogP contribution is -2.40. The molecule has 1 saturated heterocycles. The number of hydrogen-bond donors (Lipinski definition) is 2. The van der Waals surface area contributed by atoms with E-state index >= 15 is 0 Å². The van der Waals surface area contributed by atoms with E-state index in [1.165, 1.54) is 32.1 Å². The molecule has 1 aliphatic heterocycles. The third-order valence-corrected chi connectivity index (χ3v) is 3.60. The first kappa shape index (κ1) is 13.3. The van der Waals surface area contributed by atoms with Crippen LogP contribution in [0.15, 0.2) is 5.16 Å². The summed E-state index contributed by atoms with van der Waals surface area (Å²) in [5.74, 6) is 0.483. The number of amidine groups is 1. The highest BCUT2D eigenvalue weighted by atomic mass is 16.4. The van der Waals surface area contributed by atoms with Crippen molar-refractivity contribution >= 4 is 5.84 Å². The fourth-order valence-corrected chi connectivity index (χ4v) is 2.48. The molecule has 1 aliphatic rings. The van der Waals surface area contributed by atoms with E-state index in [2.05, 4.69) is 17.0 Å². The Kier molecular flexibility index (Phi) is 5.60. The average Bonchev–Trinajstić information content (AvgIpc) is 2.52. The second kappa shape index (κ2) is 6.74. The van der Waals surface area contributed by atoms with Gasteiger partial charge in [-0.05, 0) is 25.8 Å². The third-order valence-electron chi connectivity index (χ3n) is 3.60. The summed E-state index contributed by atoms with van der Waals surface area (Å²) in [6, 6.07) is 0.677. The van der Waals surface area contributed by atoms with E-state index in [4.69, 9.17) is 10.9 Å². The number of likely N-dealkylation sites (tertiary alicyclic amines) is 1. The van der Waals surface area contributed by atoms with E-state index in [9.17, 15) is 0 Å². The summed E-state index contributed by atoms with van der Waals surface area (Å²) in [6.45, 7) is 6.33. The van der Waals surface area contributed by atoms with Gasteiger partial charge in [-0.1, -0.05) is 31.8 Å². The van der Waals surface area contributed by atoms with Crippen LogP contribution in [0.4, 0.5) is 0 Å². The Morgan fingerprint density at radius 2 is 2.25 bits per heavy atom. The Morgan fingerprint density at radius 3 is 2.88 bits per heavy atom. The SMILES string of the molecule is CCC1CCCCCN1CC(C)C(N)=NO. The van der Waals surface area contributed by atoms with E-state index in [0.717, 1.165) is 13.1 Å². The Bertz CT molecular complexity index is 230. The van der Waals surface area contributed by atoms with Crippen LogP contribution in [-0.4, -0.2) is 35.1 Å². The highest BCUT2D eigenvalue weighted by Crippen LogP contribution is 2.20. The predicted octanol–water partition coefficient (Wildman–Crippen LogP) is 2.02. The first-order valence-corrected chi connectivity index (χ1v) is 6.40. The van der Waals surface area contributed by atoms with Crippen LogP contribution in [0.2, 0.25) is 0 Å². The van der Waals surface area contributed by atoms with Gasteiger partial charge in [-0.2, -0.15) is 0 Å². The maximum absolute atomic E-state index is 8.66. The van der Waals surface area contributed by atoms with Crippen molar-refractivity contribution in [2.24, 2.45) is 16.8 Å². The molecule has 0 aromatic heterocycles. The molecular weight excluding hydrogens is 202 g/mol. The van der Waals surface area contributed by atoms with Crippen LogP contribution >= 0.6 is 0 Å². The molecule has 16 heavy (non-hydrogen) atoms. The Hall–Kier alpha value is -0.770. The number of nitrogens with two attached hydrogens (primary N) is 1. The van der Waals surface area contributed by atoms with E-state index in [1.54, 1.807) is 0 Å². The van der Waals surface area contributed by atoms with Crippen molar-refractivity contribution in [2.45, 2.75) is 52.0 Å². The van der Waals surface area contributed by atoms with Crippen LogP contribution in [0.1, 0.15) is 46.0 Å². The summed E-state index contributed by atoms with van der Waals surface area (Å²) in [4.78, 5) is 2.51. The Morgan fingerprint density at radius 1 is 1.50 bits per heavy atom. The van der Waals surface area contributed by atoms with Crippen molar-refractivity contribution in [3.63, 3.8) is 0 Å². The van der Waals surface area contributed by atoms with Crippen LogP contribution in [0.3, 0.4) is 0 Å². The predicted molar refractivity (Wildman–Crippen MR) is 66.7 cm³/mol. The van der Waals surface area contributed by atoms with Crippen LogP contribution in [0.25, 0.3) is 0 Å². The first-order valence-electron chi connectivity index (χ1n) is 6.40. The fourth-order valence-electron chi connectivity index (χ4n) is 2.48. The van der Waals surface area contributed by atoms with Crippen LogP contribution in [0.5, 0.6) is 0 Å². The lowest BCUT2D eigenvalue weighted by Gasteiger charge is -2.31. The molecule has 1 heterocycles. The molecule has 0 aromatic rings. The van der Waals surface area contributed by atoms with Gasteiger partial charge in [0.05, 0.1) is 0 Å². The summed E-state index contributed by atoms with van der Waals surface area (Å²) >= 11 is 0. The molecule has 1 rings (SSSR count). The number of nitrogens with zero attached hydrogens (tertiary/aromatic N) is 2. The normalized spacial score (nSPS) is 26.4. The lowest BCUT2D eigenvalue weighted by atomic mass is 10.1. The quantitative estimate of drug-likeness (QED) is 0.334. The molecule has 94 valence electrons. The molecule has 2 unspecified atom stereocenters. The van der Waals surface area contributed by atoms with Gasteiger partial charge in [0.15, 0.2) is 0 Å². The number of oxime groups is 1. The van der Waals surface area contributed by atoms with E-state index in [-0.39, 0.29) is 5.92 Å². The highest BCUT2D eigenvalue weighted by Gasteiger charge is 2.22. The van der Waals surface area contributed by atoms with Gasteiger partial charge >= 0.3 is 0 Å². The standard InChI is InChI=1S/C12H25N3O/c1-3-11-7-5-4-6-8-15(11)9-10(2)12(13)14-16/h10-11,16H,3-9H2,1-2H3,(H2,13,14). The average molecular weight is 227 g/mol. The molecule has 4 nitrogen and oxygen atoms in total. The first-order chi connectivity index (χ1) is 7.69. The minimum atomic E-state index is 0.136. The monoisotopic (exact) mass is 227 g/mol. The molecule has 0 aliphatic carbocycles. The molecule has 0 spiro atoms. The minimum Gasteiger partial charge on any atom is -0.409 e. The van der Waals surface area contributed by atoms with Gasteiger partial charge in [-0.25, -0.2) is 0 Å². The zero-order chi connectivity index (χ0) is 12.0. The summed E-state index contributed by atoms with van der Waals surface area (Å²) < 4.78 is 0. The summed E-state index contributed by atoms with van der Waals surface area (Å²) in [5, 5.41) is 11.8. The van der Waals surface area contributed by atoms with E-state index in [1.807, 2.05) is 6.92 Å². The van der Waals surface area contributed by atoms with Gasteiger partial charge in [-0.3, -0.25) is 4.90 Å². The minimum absolute atomic E-state index is 0.136. The molecule has 0 amide bonds. The largest absolute Gasteiger partial charge is 0.409 e. The van der Waals surface area contributed by atoms with Gasteiger partial charge in [0, 0.05) is 18.5 Å². The van der Waals surface area contributed by atoms with Crippen LogP contribution in [0, 0.1) is 5.92 Å². The summed E-state index contributed by atoms with van der Waals surface area (Å²) in [5.41, 5.74) is 5.63. The topological polar surface area (TPSA) is 61.8 Å². The molecule has 0 aromatic carbocycles. The number of hydrogen-bond acceptors (Lipinski definition) is 3. The molecule has 0 bridgehead atoms. The zero-order valence-corrected chi connectivity index (χ0v) is 10.5. The molecule has 3 N–H and O–H groups in total. The molecule has 1 fully saturated rings. The van der Waals surface area contributed by atoms with Crippen LogP contribution < -0.4 is 5.73 Å². The molecule has 4 heteroatoms. The third kappa shape index (κ3) is 3.67. The van der Waals surface area contributed by atoms with Crippen molar-refractivity contribution in [1.29, 1.82) is 0 Å². The van der Waals surface area contributed by atoms with Crippen molar-refractivity contribution in [3.05, 3.63) is 0 Å². The molecule has 2 atom stereocenters. The Balaban J connectivity index is 2.54. The molecular formula is C12H25N3O. The highest BCUT2D eigenvalue weighted by molar-refractivity contribution is 5.82. The van der Waals surface area contributed by atoms with Crippen molar-refractivity contribution in [1.82, 2.24) is 4.90 Å². The van der Waals surface area contributed by atoms with Gasteiger partial charge in [0.25, 0.3) is 0 Å².